The first-order valence-electron chi connectivity index (χ1n) is 8.70. The number of benzene rings is 2. The molecule has 0 atom stereocenters. The molecule has 0 aliphatic carbocycles. The van der Waals surface area contributed by atoms with Crippen molar-refractivity contribution in [2.45, 2.75) is 20.3 Å². The number of para-hydroxylation sites is 1. The third-order valence-electron chi connectivity index (χ3n) is 4.04. The summed E-state index contributed by atoms with van der Waals surface area (Å²) in [5, 5.41) is 2.86. The van der Waals surface area contributed by atoms with Crippen LogP contribution in [-0.4, -0.2) is 25.8 Å². The molecule has 0 fully saturated rings. The first-order valence-corrected chi connectivity index (χ1v) is 11.2. The van der Waals surface area contributed by atoms with Crippen LogP contribution in [0.5, 0.6) is 5.75 Å². The summed E-state index contributed by atoms with van der Waals surface area (Å²) in [6.07, 6.45) is 0.955. The summed E-state index contributed by atoms with van der Waals surface area (Å²) >= 11 is 1.53. The largest absolute Gasteiger partial charge is 0.492 e. The van der Waals surface area contributed by atoms with Crippen LogP contribution in [0.4, 0.5) is 5.69 Å². The molecule has 3 rings (SSSR count). The molecule has 0 saturated heterocycles. The highest BCUT2D eigenvalue weighted by Crippen LogP contribution is 2.29. The van der Waals surface area contributed by atoms with Crippen molar-refractivity contribution in [1.82, 2.24) is 4.98 Å². The van der Waals surface area contributed by atoms with Gasteiger partial charge < -0.3 is 4.74 Å². The van der Waals surface area contributed by atoms with Gasteiger partial charge in [-0.15, -0.1) is 11.3 Å². The highest BCUT2D eigenvalue weighted by atomic mass is 32.2. The van der Waals surface area contributed by atoms with Crippen molar-refractivity contribution < 1.29 is 13.2 Å². The lowest BCUT2D eigenvalue weighted by Gasteiger charge is -2.12. The van der Waals surface area contributed by atoms with Gasteiger partial charge in [0.25, 0.3) is 0 Å². The Balaban J connectivity index is 1.64. The molecule has 0 unspecified atom stereocenters. The van der Waals surface area contributed by atoms with E-state index in [-0.39, 0.29) is 12.4 Å². The molecule has 2 aromatic carbocycles. The van der Waals surface area contributed by atoms with Crippen molar-refractivity contribution in [3.05, 3.63) is 64.5 Å². The van der Waals surface area contributed by atoms with Crippen LogP contribution >= 0.6 is 11.3 Å². The zero-order chi connectivity index (χ0) is 19.3. The van der Waals surface area contributed by atoms with Gasteiger partial charge >= 0.3 is 0 Å². The van der Waals surface area contributed by atoms with E-state index >= 15 is 0 Å². The Morgan fingerprint density at radius 2 is 1.85 bits per heavy atom. The standard InChI is InChI=1S/C20H22N2O3S2/c1-3-16-8-10-17(11-9-16)25-12-13-27(23,24)22-19-7-5-4-6-18(19)20-14-26-15(2)21-20/h4-11,14,22H,3,12-13H2,1-2H3. The molecule has 0 amide bonds. The van der Waals surface area contributed by atoms with Gasteiger partial charge in [0.1, 0.15) is 18.1 Å². The minimum absolute atomic E-state index is 0.0821. The number of aromatic nitrogens is 1. The number of aryl methyl sites for hydroxylation is 2. The van der Waals surface area contributed by atoms with Crippen molar-refractivity contribution in [2.24, 2.45) is 0 Å². The fourth-order valence-electron chi connectivity index (χ4n) is 2.59. The Morgan fingerprint density at radius 3 is 2.52 bits per heavy atom. The quantitative estimate of drug-likeness (QED) is 0.602. The fourth-order valence-corrected chi connectivity index (χ4v) is 4.12. The van der Waals surface area contributed by atoms with Crippen LogP contribution in [0.15, 0.2) is 53.9 Å². The summed E-state index contributed by atoms with van der Waals surface area (Å²) in [5.41, 5.74) is 3.27. The number of thiazole rings is 1. The molecule has 27 heavy (non-hydrogen) atoms. The van der Waals surface area contributed by atoms with Gasteiger partial charge in [-0.05, 0) is 37.1 Å². The smallest absolute Gasteiger partial charge is 0.236 e. The highest BCUT2D eigenvalue weighted by molar-refractivity contribution is 7.92. The average molecular weight is 403 g/mol. The second-order valence-corrected chi connectivity index (χ2v) is 8.97. The fraction of sp³-hybridized carbons (Fsp3) is 0.250. The predicted molar refractivity (Wildman–Crippen MR) is 111 cm³/mol. The molecule has 1 aromatic heterocycles. The molecule has 142 valence electrons. The molecule has 0 aliphatic heterocycles. The zero-order valence-corrected chi connectivity index (χ0v) is 16.9. The van der Waals surface area contributed by atoms with Crippen LogP contribution in [0.25, 0.3) is 11.3 Å². The van der Waals surface area contributed by atoms with Gasteiger partial charge in [-0.3, -0.25) is 4.72 Å². The SMILES string of the molecule is CCc1ccc(OCCS(=O)(=O)Nc2ccccc2-c2csc(C)n2)cc1. The predicted octanol–water partition coefficient (Wildman–Crippen LogP) is 4.50. The van der Waals surface area contributed by atoms with Crippen molar-refractivity contribution in [1.29, 1.82) is 0 Å². The van der Waals surface area contributed by atoms with Crippen LogP contribution < -0.4 is 9.46 Å². The number of nitrogens with zero attached hydrogens (tertiary/aromatic N) is 1. The maximum atomic E-state index is 12.5. The van der Waals surface area contributed by atoms with E-state index in [0.717, 1.165) is 22.7 Å². The molecule has 1 N–H and O–H groups in total. The number of sulfonamides is 1. The minimum Gasteiger partial charge on any atom is -0.492 e. The van der Waals surface area contributed by atoms with Crippen LogP contribution in [0.3, 0.4) is 0 Å². The topological polar surface area (TPSA) is 68.3 Å². The van der Waals surface area contributed by atoms with Gasteiger partial charge in [-0.25, -0.2) is 13.4 Å². The van der Waals surface area contributed by atoms with E-state index in [9.17, 15) is 8.42 Å². The number of ether oxygens (including phenoxy) is 1. The van der Waals surface area contributed by atoms with Crippen molar-refractivity contribution in [3.8, 4) is 17.0 Å². The van der Waals surface area contributed by atoms with Crippen molar-refractivity contribution >= 4 is 27.0 Å². The van der Waals surface area contributed by atoms with Gasteiger partial charge in [-0.2, -0.15) is 0 Å². The minimum atomic E-state index is -3.54. The number of rotatable bonds is 8. The summed E-state index contributed by atoms with van der Waals surface area (Å²) in [6, 6.07) is 14.9. The molecule has 7 heteroatoms. The van der Waals surface area contributed by atoms with Crippen molar-refractivity contribution in [2.75, 3.05) is 17.1 Å². The monoisotopic (exact) mass is 402 g/mol. The van der Waals surface area contributed by atoms with E-state index in [1.807, 2.05) is 48.7 Å². The van der Waals surface area contributed by atoms with Gasteiger partial charge in [0.15, 0.2) is 0 Å². The van der Waals surface area contributed by atoms with Gasteiger partial charge in [0, 0.05) is 10.9 Å². The van der Waals surface area contributed by atoms with E-state index < -0.39 is 10.0 Å². The van der Waals surface area contributed by atoms with E-state index in [4.69, 9.17) is 4.74 Å². The first kappa shape index (κ1) is 19.4. The van der Waals surface area contributed by atoms with E-state index in [0.29, 0.717) is 11.4 Å². The van der Waals surface area contributed by atoms with Crippen LogP contribution in [0.2, 0.25) is 0 Å². The second-order valence-electron chi connectivity index (χ2n) is 6.06. The summed E-state index contributed by atoms with van der Waals surface area (Å²) in [4.78, 5) is 4.45. The zero-order valence-electron chi connectivity index (χ0n) is 15.3. The van der Waals surface area contributed by atoms with Crippen LogP contribution in [0, 0.1) is 6.92 Å². The second kappa shape index (κ2) is 8.54. The summed E-state index contributed by atoms with van der Waals surface area (Å²) < 4.78 is 33.2. The number of hydrogen-bond acceptors (Lipinski definition) is 5. The van der Waals surface area contributed by atoms with E-state index in [1.54, 1.807) is 12.1 Å². The van der Waals surface area contributed by atoms with Gasteiger partial charge in [0.05, 0.1) is 16.4 Å². The molecular weight excluding hydrogens is 380 g/mol. The molecule has 5 nitrogen and oxygen atoms in total. The molecule has 1 heterocycles. The molecule has 0 saturated carbocycles. The Kier molecular flexibility index (Phi) is 6.13. The Bertz CT molecular complexity index is 996. The Hall–Kier alpha value is -2.38. The third-order valence-corrected chi connectivity index (χ3v) is 6.05. The van der Waals surface area contributed by atoms with Crippen molar-refractivity contribution in [3.63, 3.8) is 0 Å². The summed E-state index contributed by atoms with van der Waals surface area (Å²) in [5.74, 6) is 0.535. The lowest BCUT2D eigenvalue weighted by molar-refractivity contribution is 0.341. The molecule has 0 aliphatic rings. The van der Waals surface area contributed by atoms with Gasteiger partial charge in [-0.1, -0.05) is 37.3 Å². The Labute approximate surface area is 164 Å². The summed E-state index contributed by atoms with van der Waals surface area (Å²) in [7, 11) is -3.54. The third kappa shape index (κ3) is 5.30. The normalized spacial score (nSPS) is 11.3. The summed E-state index contributed by atoms with van der Waals surface area (Å²) in [6.45, 7) is 4.09. The average Bonchev–Trinajstić information content (AvgIpc) is 3.08. The van der Waals surface area contributed by atoms with Crippen LogP contribution in [0.1, 0.15) is 17.5 Å². The lowest BCUT2D eigenvalue weighted by atomic mass is 10.1. The molecule has 3 aromatic rings. The van der Waals surface area contributed by atoms with Crippen LogP contribution in [-0.2, 0) is 16.4 Å². The molecule has 0 radical (unpaired) electrons. The maximum absolute atomic E-state index is 12.5. The van der Waals surface area contributed by atoms with Gasteiger partial charge in [0.2, 0.25) is 10.0 Å². The lowest BCUT2D eigenvalue weighted by Crippen LogP contribution is -2.21. The molecule has 0 bridgehead atoms. The van der Waals surface area contributed by atoms with E-state index in [1.165, 1.54) is 16.9 Å². The number of hydrogen-bond donors (Lipinski definition) is 1. The maximum Gasteiger partial charge on any atom is 0.236 e. The molecular formula is C20H22N2O3S2. The Morgan fingerprint density at radius 1 is 1.11 bits per heavy atom. The number of nitrogens with one attached hydrogen (secondary N) is 1. The highest BCUT2D eigenvalue weighted by Gasteiger charge is 2.15. The molecule has 0 spiro atoms. The first-order chi connectivity index (χ1) is 13.0. The number of anilines is 1. The van der Waals surface area contributed by atoms with E-state index in [2.05, 4.69) is 16.6 Å².